The summed E-state index contributed by atoms with van der Waals surface area (Å²) in [7, 11) is 1.75. The van der Waals surface area contributed by atoms with E-state index < -0.39 is 0 Å². The van der Waals surface area contributed by atoms with Gasteiger partial charge in [0.25, 0.3) is 5.91 Å². The third kappa shape index (κ3) is 3.94. The predicted molar refractivity (Wildman–Crippen MR) is 104 cm³/mol. The molecule has 2 aromatic rings. The van der Waals surface area contributed by atoms with Crippen molar-refractivity contribution in [2.75, 3.05) is 20.1 Å². The molecule has 1 aromatic heterocycles. The number of likely N-dealkylation sites (N-methyl/N-ethyl adjacent to an activating group) is 1. The number of thioether (sulfide) groups is 1. The van der Waals surface area contributed by atoms with Crippen molar-refractivity contribution in [3.63, 3.8) is 0 Å². The Morgan fingerprint density at radius 1 is 1.27 bits per heavy atom. The molecule has 4 nitrogen and oxygen atoms in total. The summed E-state index contributed by atoms with van der Waals surface area (Å²) < 4.78 is 13.2. The van der Waals surface area contributed by atoms with Crippen LogP contribution in [0.4, 0.5) is 4.39 Å². The molecule has 2 amide bonds. The first-order valence-electron chi connectivity index (χ1n) is 8.51. The van der Waals surface area contributed by atoms with E-state index in [2.05, 4.69) is 0 Å². The molecule has 1 aliphatic rings. The first kappa shape index (κ1) is 18.9. The van der Waals surface area contributed by atoms with Gasteiger partial charge in [-0.1, -0.05) is 25.1 Å². The minimum atomic E-state index is -0.289. The number of hydrogen-bond donors (Lipinski definition) is 0. The zero-order chi connectivity index (χ0) is 18.7. The van der Waals surface area contributed by atoms with E-state index in [1.807, 2.05) is 23.3 Å². The van der Waals surface area contributed by atoms with Crippen LogP contribution < -0.4 is 0 Å². The summed E-state index contributed by atoms with van der Waals surface area (Å²) in [4.78, 5) is 29.3. The molecule has 2 atom stereocenters. The van der Waals surface area contributed by atoms with Gasteiger partial charge in [0.05, 0.1) is 10.1 Å². The van der Waals surface area contributed by atoms with Gasteiger partial charge in [-0.2, -0.15) is 0 Å². The van der Waals surface area contributed by atoms with Crippen molar-refractivity contribution < 1.29 is 14.0 Å². The number of carbonyl (C=O) groups excluding carboxylic acids is 2. The van der Waals surface area contributed by atoms with Gasteiger partial charge in [-0.15, -0.1) is 23.1 Å². The van der Waals surface area contributed by atoms with Crippen LogP contribution in [0.2, 0.25) is 0 Å². The van der Waals surface area contributed by atoms with Crippen LogP contribution in [-0.4, -0.2) is 47.0 Å². The van der Waals surface area contributed by atoms with Crippen LogP contribution in [0.1, 0.15) is 34.0 Å². The number of halogens is 1. The average Bonchev–Trinajstić information content (AvgIpc) is 3.28. The van der Waals surface area contributed by atoms with E-state index >= 15 is 0 Å². The normalized spacial score (nSPS) is 19.8. The lowest BCUT2D eigenvalue weighted by Crippen LogP contribution is -2.39. The number of nitrogens with zero attached hydrogens (tertiary/aromatic N) is 2. The molecule has 138 valence electrons. The van der Waals surface area contributed by atoms with Crippen molar-refractivity contribution in [1.29, 1.82) is 0 Å². The largest absolute Gasteiger partial charge is 0.339 e. The standard InChI is InChI=1S/C19H21FN2O2S2/c1-3-15-18(24)22(19(26-15)13-6-8-14(20)9-7-13)11-10-21(2)17(23)16-5-4-12-25-16/h4-9,12,15,19H,3,10-11H2,1-2H3/t15-,19-/m1/s1. The van der Waals surface area contributed by atoms with E-state index in [0.29, 0.717) is 18.0 Å². The molecule has 1 aliphatic heterocycles. The second-order valence-corrected chi connectivity index (χ2v) is 8.41. The van der Waals surface area contributed by atoms with E-state index in [4.69, 9.17) is 0 Å². The Morgan fingerprint density at radius 2 is 2.00 bits per heavy atom. The molecule has 0 bridgehead atoms. The maximum absolute atomic E-state index is 13.2. The molecule has 0 aliphatic carbocycles. The van der Waals surface area contributed by atoms with E-state index in [1.165, 1.54) is 23.5 Å². The van der Waals surface area contributed by atoms with Gasteiger partial charge in [-0.3, -0.25) is 9.59 Å². The molecule has 1 fully saturated rings. The first-order valence-corrected chi connectivity index (χ1v) is 10.3. The smallest absolute Gasteiger partial charge is 0.263 e. The van der Waals surface area contributed by atoms with Crippen LogP contribution >= 0.6 is 23.1 Å². The highest BCUT2D eigenvalue weighted by molar-refractivity contribution is 8.01. The van der Waals surface area contributed by atoms with Gasteiger partial charge in [0.15, 0.2) is 0 Å². The highest BCUT2D eigenvalue weighted by Gasteiger charge is 2.39. The third-order valence-corrected chi connectivity index (χ3v) is 6.92. The zero-order valence-corrected chi connectivity index (χ0v) is 16.4. The van der Waals surface area contributed by atoms with Crippen LogP contribution in [0.5, 0.6) is 0 Å². The lowest BCUT2D eigenvalue weighted by atomic mass is 10.2. The highest BCUT2D eigenvalue weighted by Crippen LogP contribution is 2.43. The summed E-state index contributed by atoms with van der Waals surface area (Å²) in [6.07, 6.45) is 0.752. The number of rotatable bonds is 6. The van der Waals surface area contributed by atoms with Gasteiger partial charge in [0.2, 0.25) is 5.91 Å². The lowest BCUT2D eigenvalue weighted by molar-refractivity contribution is -0.130. The van der Waals surface area contributed by atoms with E-state index in [0.717, 1.165) is 12.0 Å². The highest BCUT2D eigenvalue weighted by atomic mass is 32.2. The molecular weight excluding hydrogens is 371 g/mol. The van der Waals surface area contributed by atoms with Gasteiger partial charge < -0.3 is 9.80 Å². The average molecular weight is 393 g/mol. The quantitative estimate of drug-likeness (QED) is 0.746. The van der Waals surface area contributed by atoms with Gasteiger partial charge in [-0.05, 0) is 35.6 Å². The van der Waals surface area contributed by atoms with Crippen LogP contribution in [-0.2, 0) is 4.79 Å². The number of amides is 2. The van der Waals surface area contributed by atoms with Gasteiger partial charge in [-0.25, -0.2) is 4.39 Å². The molecule has 0 saturated carbocycles. The minimum absolute atomic E-state index is 0.0373. The maximum Gasteiger partial charge on any atom is 0.263 e. The van der Waals surface area contributed by atoms with Crippen LogP contribution in [0.25, 0.3) is 0 Å². The van der Waals surface area contributed by atoms with Crippen LogP contribution in [0.3, 0.4) is 0 Å². The Balaban J connectivity index is 1.71. The summed E-state index contributed by atoms with van der Waals surface area (Å²) in [6, 6.07) is 9.95. The molecule has 0 unspecified atom stereocenters. The Hall–Kier alpha value is -1.86. The fourth-order valence-electron chi connectivity index (χ4n) is 2.92. The second kappa shape index (κ2) is 8.22. The molecule has 0 radical (unpaired) electrons. The molecule has 1 saturated heterocycles. The van der Waals surface area contributed by atoms with Crippen molar-refractivity contribution in [3.05, 3.63) is 58.0 Å². The van der Waals surface area contributed by atoms with Crippen molar-refractivity contribution in [2.24, 2.45) is 0 Å². The van der Waals surface area contributed by atoms with Crippen LogP contribution in [0, 0.1) is 5.82 Å². The van der Waals surface area contributed by atoms with Gasteiger partial charge in [0, 0.05) is 20.1 Å². The molecule has 7 heteroatoms. The topological polar surface area (TPSA) is 40.6 Å². The third-order valence-electron chi connectivity index (χ3n) is 4.42. The molecular formula is C19H21FN2O2S2. The van der Waals surface area contributed by atoms with Crippen molar-refractivity contribution >= 4 is 34.9 Å². The number of thiophene rings is 1. The summed E-state index contributed by atoms with van der Waals surface area (Å²) in [6.45, 7) is 2.91. The SMILES string of the molecule is CC[C@H]1S[C@H](c2ccc(F)cc2)N(CCN(C)C(=O)c2cccs2)C1=O. The Bertz CT molecular complexity index is 764. The van der Waals surface area contributed by atoms with E-state index in [9.17, 15) is 14.0 Å². The molecule has 1 aromatic carbocycles. The summed E-state index contributed by atoms with van der Waals surface area (Å²) in [5, 5.41) is 1.64. The van der Waals surface area contributed by atoms with Crippen molar-refractivity contribution in [1.82, 2.24) is 9.80 Å². The Kier molecular flexibility index (Phi) is 5.98. The fraction of sp³-hybridized carbons (Fsp3) is 0.368. The molecule has 0 N–H and O–H groups in total. The number of hydrogen-bond acceptors (Lipinski definition) is 4. The van der Waals surface area contributed by atoms with E-state index in [1.54, 1.807) is 41.9 Å². The second-order valence-electron chi connectivity index (χ2n) is 6.17. The monoisotopic (exact) mass is 392 g/mol. The van der Waals surface area contributed by atoms with Gasteiger partial charge >= 0.3 is 0 Å². The predicted octanol–water partition coefficient (Wildman–Crippen LogP) is 4.01. The zero-order valence-electron chi connectivity index (χ0n) is 14.7. The summed E-state index contributed by atoms with van der Waals surface area (Å²) in [5.74, 6) is -0.239. The van der Waals surface area contributed by atoms with Crippen molar-refractivity contribution in [2.45, 2.75) is 24.0 Å². The minimum Gasteiger partial charge on any atom is -0.339 e. The number of benzene rings is 1. The fourth-order valence-corrected chi connectivity index (χ4v) is 5.06. The molecule has 0 spiro atoms. The summed E-state index contributed by atoms with van der Waals surface area (Å²) >= 11 is 3.01. The van der Waals surface area contributed by atoms with Crippen LogP contribution in [0.15, 0.2) is 41.8 Å². The molecule has 26 heavy (non-hydrogen) atoms. The number of carbonyl (C=O) groups is 2. The summed E-state index contributed by atoms with van der Waals surface area (Å²) in [5.41, 5.74) is 0.910. The van der Waals surface area contributed by atoms with Gasteiger partial charge in [0.1, 0.15) is 11.2 Å². The lowest BCUT2D eigenvalue weighted by Gasteiger charge is -2.26. The van der Waals surface area contributed by atoms with Crippen molar-refractivity contribution in [3.8, 4) is 0 Å². The molecule has 2 heterocycles. The first-order chi connectivity index (χ1) is 12.5. The Labute approximate surface area is 161 Å². The maximum atomic E-state index is 13.2. The molecule has 3 rings (SSSR count). The Morgan fingerprint density at radius 3 is 2.62 bits per heavy atom. The van der Waals surface area contributed by atoms with E-state index in [-0.39, 0.29) is 28.3 Å².